The lowest BCUT2D eigenvalue weighted by Gasteiger charge is -2.06. The Kier molecular flexibility index (Phi) is 3.97. The molecule has 2 rings (SSSR count). The molecule has 0 fully saturated rings. The Morgan fingerprint density at radius 2 is 2.41 bits per heavy atom. The Balaban J connectivity index is 2.58. The van der Waals surface area contributed by atoms with E-state index in [2.05, 4.69) is 30.6 Å². The van der Waals surface area contributed by atoms with E-state index in [1.54, 1.807) is 17.4 Å². The van der Waals surface area contributed by atoms with Crippen LogP contribution >= 0.6 is 23.6 Å². The molecule has 0 saturated carbocycles. The second-order valence-electron chi connectivity index (χ2n) is 3.70. The average Bonchev–Trinajstić information content (AvgIpc) is 2.60. The quantitative estimate of drug-likeness (QED) is 0.827. The summed E-state index contributed by atoms with van der Waals surface area (Å²) in [6, 6.07) is 0. The molecule has 0 spiro atoms. The molecule has 0 radical (unpaired) electrons. The molecule has 1 aliphatic rings. The number of rotatable bonds is 3. The van der Waals surface area contributed by atoms with Gasteiger partial charge in [0.15, 0.2) is 3.95 Å². The minimum absolute atomic E-state index is 0.681. The van der Waals surface area contributed by atoms with Gasteiger partial charge in [0.05, 0.1) is 12.3 Å². The Bertz CT molecular complexity index is 534. The van der Waals surface area contributed by atoms with Gasteiger partial charge in [0.25, 0.3) is 0 Å². The summed E-state index contributed by atoms with van der Waals surface area (Å²) in [4.78, 5) is 4.52. The maximum Gasteiger partial charge on any atom is 0.159 e. The molecule has 0 aromatic carbocycles. The number of aromatic amines is 1. The molecule has 0 unspecified atom stereocenters. The van der Waals surface area contributed by atoms with Gasteiger partial charge in [0.2, 0.25) is 0 Å². The van der Waals surface area contributed by atoms with E-state index in [0.29, 0.717) is 6.61 Å². The first-order valence-electron chi connectivity index (χ1n) is 5.64. The molecule has 0 atom stereocenters. The molecule has 1 N–H and O–H groups in total. The predicted octanol–water partition coefficient (Wildman–Crippen LogP) is 4.24. The van der Waals surface area contributed by atoms with Gasteiger partial charge >= 0.3 is 0 Å². The van der Waals surface area contributed by atoms with Crippen molar-refractivity contribution in [3.05, 3.63) is 45.1 Å². The molecule has 0 saturated heterocycles. The molecular weight excluding hydrogens is 250 g/mol. The van der Waals surface area contributed by atoms with Crippen LogP contribution in [-0.4, -0.2) is 11.6 Å². The largest absolute Gasteiger partial charge is 0.493 e. The molecular formula is C13H15NOS2. The smallest absolute Gasteiger partial charge is 0.159 e. The number of hydrogen-bond donors (Lipinski definition) is 1. The van der Waals surface area contributed by atoms with Crippen LogP contribution in [0, 0.1) is 3.95 Å². The van der Waals surface area contributed by atoms with Crippen LogP contribution < -0.4 is 0 Å². The first-order chi connectivity index (χ1) is 8.26. The summed E-state index contributed by atoms with van der Waals surface area (Å²) in [5, 5.41) is 0. The van der Waals surface area contributed by atoms with Crippen LogP contribution in [0.3, 0.4) is 0 Å². The van der Waals surface area contributed by atoms with Gasteiger partial charge in [-0.2, -0.15) is 0 Å². The van der Waals surface area contributed by atoms with Crippen molar-refractivity contribution >= 4 is 29.1 Å². The van der Waals surface area contributed by atoms with Crippen molar-refractivity contribution < 1.29 is 4.74 Å². The summed E-state index contributed by atoms with van der Waals surface area (Å²) >= 11 is 6.85. The fourth-order valence-corrected chi connectivity index (χ4v) is 3.01. The topological polar surface area (TPSA) is 25.0 Å². The monoisotopic (exact) mass is 265 g/mol. The number of fused-ring (bicyclic) bond motifs is 1. The lowest BCUT2D eigenvalue weighted by molar-refractivity contribution is 0.233. The van der Waals surface area contributed by atoms with E-state index in [1.807, 2.05) is 0 Å². The van der Waals surface area contributed by atoms with Crippen LogP contribution in [-0.2, 0) is 11.2 Å². The zero-order valence-corrected chi connectivity index (χ0v) is 11.4. The SMILES string of the molecule is C=CC1=C(/C=C\CC)c2[nH]c(=S)sc2CCO1. The number of H-pyrrole nitrogens is 1. The van der Waals surface area contributed by atoms with Crippen LogP contribution in [0.5, 0.6) is 0 Å². The van der Waals surface area contributed by atoms with Gasteiger partial charge in [0, 0.05) is 16.9 Å². The highest BCUT2D eigenvalue weighted by atomic mass is 32.1. The highest BCUT2D eigenvalue weighted by molar-refractivity contribution is 7.73. The van der Waals surface area contributed by atoms with Crippen LogP contribution in [0.15, 0.2) is 30.6 Å². The second kappa shape index (κ2) is 5.47. The minimum Gasteiger partial charge on any atom is -0.493 e. The number of allylic oxidation sites excluding steroid dienone is 4. The fraction of sp³-hybridized carbons (Fsp3) is 0.308. The summed E-state index contributed by atoms with van der Waals surface area (Å²) in [6.45, 7) is 6.60. The van der Waals surface area contributed by atoms with E-state index in [9.17, 15) is 0 Å². The Hall–Kier alpha value is -1.13. The van der Waals surface area contributed by atoms with Gasteiger partial charge in [-0.25, -0.2) is 0 Å². The van der Waals surface area contributed by atoms with Crippen LogP contribution in [0.2, 0.25) is 0 Å². The fourth-order valence-electron chi connectivity index (χ4n) is 1.78. The Labute approximate surface area is 110 Å². The van der Waals surface area contributed by atoms with Crippen molar-refractivity contribution in [2.24, 2.45) is 0 Å². The molecule has 1 aromatic rings. The summed E-state index contributed by atoms with van der Waals surface area (Å²) in [6.07, 6.45) is 7.85. The van der Waals surface area contributed by atoms with Gasteiger partial charge in [-0.3, -0.25) is 0 Å². The minimum atomic E-state index is 0.681. The molecule has 0 bridgehead atoms. The molecule has 0 amide bonds. The number of thiazole rings is 1. The maximum absolute atomic E-state index is 5.71. The van der Waals surface area contributed by atoms with Gasteiger partial charge in [-0.05, 0) is 24.7 Å². The van der Waals surface area contributed by atoms with E-state index in [-0.39, 0.29) is 0 Å². The molecule has 1 aliphatic heterocycles. The molecule has 2 heterocycles. The van der Waals surface area contributed by atoms with E-state index in [4.69, 9.17) is 17.0 Å². The summed E-state index contributed by atoms with van der Waals surface area (Å²) in [5.74, 6) is 0.831. The summed E-state index contributed by atoms with van der Waals surface area (Å²) < 4.78 is 6.53. The molecule has 17 heavy (non-hydrogen) atoms. The average molecular weight is 265 g/mol. The van der Waals surface area contributed by atoms with Crippen LogP contribution in [0.25, 0.3) is 5.57 Å². The first kappa shape index (κ1) is 12.3. The van der Waals surface area contributed by atoms with Crippen LogP contribution in [0.4, 0.5) is 0 Å². The number of hydrogen-bond acceptors (Lipinski definition) is 3. The van der Waals surface area contributed by atoms with Crippen molar-refractivity contribution in [1.29, 1.82) is 0 Å². The standard InChI is InChI=1S/C13H15NOS2/c1-3-5-6-9-10(4-2)15-8-7-11-12(9)14-13(16)17-11/h4-6H,2-3,7-8H2,1H3,(H,14,16)/b6-5-. The van der Waals surface area contributed by atoms with E-state index in [1.165, 1.54) is 4.88 Å². The van der Waals surface area contributed by atoms with Crippen LogP contribution in [0.1, 0.15) is 23.9 Å². The van der Waals surface area contributed by atoms with E-state index >= 15 is 0 Å². The highest BCUT2D eigenvalue weighted by Gasteiger charge is 2.17. The van der Waals surface area contributed by atoms with Crippen molar-refractivity contribution in [2.75, 3.05) is 6.61 Å². The number of nitrogens with one attached hydrogen (secondary N) is 1. The van der Waals surface area contributed by atoms with E-state index < -0.39 is 0 Å². The normalized spacial score (nSPS) is 15.6. The maximum atomic E-state index is 5.71. The van der Waals surface area contributed by atoms with Crippen molar-refractivity contribution in [1.82, 2.24) is 4.98 Å². The first-order valence-corrected chi connectivity index (χ1v) is 6.87. The van der Waals surface area contributed by atoms with Gasteiger partial charge in [-0.15, -0.1) is 11.3 Å². The van der Waals surface area contributed by atoms with Gasteiger partial charge in [0.1, 0.15) is 5.76 Å². The second-order valence-corrected chi connectivity index (χ2v) is 5.48. The lowest BCUT2D eigenvalue weighted by Crippen LogP contribution is -1.93. The van der Waals surface area contributed by atoms with Gasteiger partial charge < -0.3 is 9.72 Å². The van der Waals surface area contributed by atoms with Crippen molar-refractivity contribution in [3.63, 3.8) is 0 Å². The third-order valence-electron chi connectivity index (χ3n) is 2.55. The number of ether oxygens (including phenoxy) is 1. The molecule has 1 aromatic heterocycles. The summed E-state index contributed by atoms with van der Waals surface area (Å²) in [5.41, 5.74) is 2.15. The molecule has 4 heteroatoms. The van der Waals surface area contributed by atoms with E-state index in [0.717, 1.165) is 33.8 Å². The highest BCUT2D eigenvalue weighted by Crippen LogP contribution is 2.30. The number of aromatic nitrogens is 1. The van der Waals surface area contributed by atoms with Crippen molar-refractivity contribution in [2.45, 2.75) is 19.8 Å². The molecule has 2 nitrogen and oxygen atoms in total. The lowest BCUT2D eigenvalue weighted by atomic mass is 10.1. The third kappa shape index (κ3) is 2.58. The molecule has 90 valence electrons. The zero-order valence-electron chi connectivity index (χ0n) is 9.79. The predicted molar refractivity (Wildman–Crippen MR) is 75.7 cm³/mol. The third-order valence-corrected chi connectivity index (χ3v) is 3.84. The Morgan fingerprint density at radius 3 is 3.12 bits per heavy atom. The van der Waals surface area contributed by atoms with Crippen molar-refractivity contribution in [3.8, 4) is 0 Å². The zero-order chi connectivity index (χ0) is 12.3. The van der Waals surface area contributed by atoms with Gasteiger partial charge in [-0.1, -0.05) is 25.7 Å². The Morgan fingerprint density at radius 1 is 1.59 bits per heavy atom. The molecule has 0 aliphatic carbocycles. The summed E-state index contributed by atoms with van der Waals surface area (Å²) in [7, 11) is 0.